The van der Waals surface area contributed by atoms with E-state index >= 15 is 0 Å². The summed E-state index contributed by atoms with van der Waals surface area (Å²) >= 11 is 0. The zero-order valence-corrected chi connectivity index (χ0v) is 12.0. The molecule has 0 aliphatic carbocycles. The van der Waals surface area contributed by atoms with E-state index in [1.165, 1.54) is 17.3 Å². The van der Waals surface area contributed by atoms with Crippen molar-refractivity contribution in [1.29, 1.82) is 0 Å². The number of aromatic nitrogens is 3. The maximum Gasteiger partial charge on any atom is 0.141 e. The molecule has 0 bridgehead atoms. The highest BCUT2D eigenvalue weighted by Crippen LogP contribution is 2.24. The summed E-state index contributed by atoms with van der Waals surface area (Å²) in [6.45, 7) is 0. The number of phenols is 1. The molecular formula is C17H12N4O2. The molecule has 0 atom stereocenters. The third kappa shape index (κ3) is 2.57. The maximum atomic E-state index is 9.75. The SMILES string of the molecule is Oc1ccc2oc(-c3ccccc3)c/c(=N\n3cnnc3)c2c1. The Labute approximate surface area is 131 Å². The lowest BCUT2D eigenvalue weighted by Gasteiger charge is -2.05. The second-order valence-electron chi connectivity index (χ2n) is 4.98. The van der Waals surface area contributed by atoms with Crippen molar-refractivity contribution in [1.82, 2.24) is 14.9 Å². The Morgan fingerprint density at radius 3 is 2.52 bits per heavy atom. The number of benzene rings is 2. The normalized spacial score (nSPS) is 11.9. The Morgan fingerprint density at radius 2 is 1.74 bits per heavy atom. The molecule has 0 aliphatic heterocycles. The molecule has 6 nitrogen and oxygen atoms in total. The molecule has 0 amide bonds. The summed E-state index contributed by atoms with van der Waals surface area (Å²) in [5.74, 6) is 0.844. The van der Waals surface area contributed by atoms with E-state index in [1.807, 2.05) is 36.4 Å². The number of hydrogen-bond donors (Lipinski definition) is 1. The van der Waals surface area contributed by atoms with Crippen LogP contribution in [0.1, 0.15) is 0 Å². The summed E-state index contributed by atoms with van der Waals surface area (Å²) in [5, 5.41) is 23.1. The molecule has 1 N–H and O–H groups in total. The first-order valence-corrected chi connectivity index (χ1v) is 7.01. The molecule has 0 fully saturated rings. The summed E-state index contributed by atoms with van der Waals surface area (Å²) < 4.78 is 7.46. The van der Waals surface area contributed by atoms with Crippen LogP contribution in [0, 0.1) is 0 Å². The van der Waals surface area contributed by atoms with Crippen molar-refractivity contribution in [2.45, 2.75) is 0 Å². The van der Waals surface area contributed by atoms with Crippen LogP contribution >= 0.6 is 0 Å². The van der Waals surface area contributed by atoms with Crippen LogP contribution in [0.4, 0.5) is 0 Å². The molecule has 2 aromatic heterocycles. The lowest BCUT2D eigenvalue weighted by Crippen LogP contribution is -2.06. The molecule has 0 saturated heterocycles. The van der Waals surface area contributed by atoms with Crippen molar-refractivity contribution in [2.24, 2.45) is 5.10 Å². The Hall–Kier alpha value is -3.41. The van der Waals surface area contributed by atoms with Gasteiger partial charge in [0, 0.05) is 17.0 Å². The summed E-state index contributed by atoms with van der Waals surface area (Å²) in [7, 11) is 0. The van der Waals surface area contributed by atoms with Crippen LogP contribution in [-0.2, 0) is 0 Å². The quantitative estimate of drug-likeness (QED) is 0.618. The van der Waals surface area contributed by atoms with Crippen LogP contribution in [0.5, 0.6) is 5.75 Å². The molecule has 0 unspecified atom stereocenters. The summed E-state index contributed by atoms with van der Waals surface area (Å²) in [6, 6.07) is 16.5. The van der Waals surface area contributed by atoms with Gasteiger partial charge in [-0.1, -0.05) is 30.3 Å². The number of phenolic OH excluding ortho intramolecular Hbond substituents is 1. The Kier molecular flexibility index (Phi) is 3.12. The number of nitrogens with zero attached hydrogens (tertiary/aromatic N) is 4. The molecule has 2 aromatic carbocycles. The minimum absolute atomic E-state index is 0.153. The predicted octanol–water partition coefficient (Wildman–Crippen LogP) is 2.76. The highest BCUT2D eigenvalue weighted by Gasteiger charge is 2.07. The molecule has 2 heterocycles. The van der Waals surface area contributed by atoms with Crippen LogP contribution in [0.2, 0.25) is 0 Å². The van der Waals surface area contributed by atoms with Crippen LogP contribution in [-0.4, -0.2) is 20.0 Å². The molecule has 0 aliphatic rings. The molecule has 4 rings (SSSR count). The van der Waals surface area contributed by atoms with E-state index in [1.54, 1.807) is 18.2 Å². The number of fused-ring (bicyclic) bond motifs is 1. The van der Waals surface area contributed by atoms with Crippen LogP contribution < -0.4 is 5.36 Å². The monoisotopic (exact) mass is 304 g/mol. The van der Waals surface area contributed by atoms with Gasteiger partial charge in [0.15, 0.2) is 0 Å². The molecule has 23 heavy (non-hydrogen) atoms. The van der Waals surface area contributed by atoms with Crippen molar-refractivity contribution in [3.63, 3.8) is 0 Å². The largest absolute Gasteiger partial charge is 0.508 e. The molecule has 0 spiro atoms. The van der Waals surface area contributed by atoms with Crippen molar-refractivity contribution < 1.29 is 9.52 Å². The smallest absolute Gasteiger partial charge is 0.141 e. The highest BCUT2D eigenvalue weighted by molar-refractivity contribution is 5.79. The Balaban J connectivity index is 2.03. The molecule has 0 saturated carbocycles. The highest BCUT2D eigenvalue weighted by atomic mass is 16.3. The molecule has 0 radical (unpaired) electrons. The van der Waals surface area contributed by atoms with Gasteiger partial charge in [0.25, 0.3) is 0 Å². The lowest BCUT2D eigenvalue weighted by atomic mass is 10.1. The van der Waals surface area contributed by atoms with Gasteiger partial charge in [-0.25, -0.2) is 4.68 Å². The van der Waals surface area contributed by atoms with Gasteiger partial charge in [0.05, 0.1) is 5.36 Å². The van der Waals surface area contributed by atoms with Gasteiger partial charge in [0.2, 0.25) is 0 Å². The number of aromatic hydroxyl groups is 1. The fourth-order valence-electron chi connectivity index (χ4n) is 2.36. The standard InChI is InChI=1S/C17H12N4O2/c22-13-6-7-16-14(8-13)15(20-21-10-18-19-11-21)9-17(23-16)12-4-2-1-3-5-12/h1-11,22H/b20-15+. The first-order chi connectivity index (χ1) is 11.3. The van der Waals surface area contributed by atoms with Gasteiger partial charge < -0.3 is 9.52 Å². The van der Waals surface area contributed by atoms with Gasteiger partial charge in [-0.3, -0.25) is 0 Å². The van der Waals surface area contributed by atoms with Crippen LogP contribution in [0.3, 0.4) is 0 Å². The van der Waals surface area contributed by atoms with Crippen molar-refractivity contribution in [3.8, 4) is 17.1 Å². The fourth-order valence-corrected chi connectivity index (χ4v) is 2.36. The minimum atomic E-state index is 0.153. The Bertz CT molecular complexity index is 1020. The van der Waals surface area contributed by atoms with Crippen molar-refractivity contribution in [2.75, 3.05) is 0 Å². The van der Waals surface area contributed by atoms with E-state index in [4.69, 9.17) is 4.42 Å². The van der Waals surface area contributed by atoms with Gasteiger partial charge in [-0.05, 0) is 18.2 Å². The van der Waals surface area contributed by atoms with Gasteiger partial charge in [-0.2, -0.15) is 5.10 Å². The van der Waals surface area contributed by atoms with Crippen molar-refractivity contribution in [3.05, 3.63) is 72.6 Å². The van der Waals surface area contributed by atoms with E-state index < -0.39 is 0 Å². The molecular weight excluding hydrogens is 292 g/mol. The van der Waals surface area contributed by atoms with Crippen LogP contribution in [0.25, 0.3) is 22.3 Å². The summed E-state index contributed by atoms with van der Waals surface area (Å²) in [4.78, 5) is 0. The third-order valence-corrected chi connectivity index (χ3v) is 3.41. The van der Waals surface area contributed by atoms with Crippen LogP contribution in [0.15, 0.2) is 76.8 Å². The third-order valence-electron chi connectivity index (χ3n) is 3.41. The molecule has 6 heteroatoms. The zero-order chi connectivity index (χ0) is 15.6. The fraction of sp³-hybridized carbons (Fsp3) is 0. The topological polar surface area (TPSA) is 76.4 Å². The zero-order valence-electron chi connectivity index (χ0n) is 12.0. The predicted molar refractivity (Wildman–Crippen MR) is 84.3 cm³/mol. The molecule has 112 valence electrons. The van der Waals surface area contributed by atoms with E-state index in [-0.39, 0.29) is 5.75 Å². The first-order valence-electron chi connectivity index (χ1n) is 7.01. The lowest BCUT2D eigenvalue weighted by molar-refractivity contribution is 0.475. The van der Waals surface area contributed by atoms with Gasteiger partial charge in [-0.15, -0.1) is 10.2 Å². The molecule has 4 aromatic rings. The summed E-state index contributed by atoms with van der Waals surface area (Å²) in [5.41, 5.74) is 1.58. The number of hydrogen-bond acceptors (Lipinski definition) is 5. The summed E-state index contributed by atoms with van der Waals surface area (Å²) in [6.07, 6.45) is 3.00. The average molecular weight is 304 g/mol. The van der Waals surface area contributed by atoms with Gasteiger partial charge >= 0.3 is 0 Å². The number of rotatable bonds is 2. The van der Waals surface area contributed by atoms with E-state index in [0.29, 0.717) is 22.1 Å². The minimum Gasteiger partial charge on any atom is -0.508 e. The first kappa shape index (κ1) is 13.3. The Morgan fingerprint density at radius 1 is 0.957 bits per heavy atom. The van der Waals surface area contributed by atoms with E-state index in [9.17, 15) is 5.11 Å². The maximum absolute atomic E-state index is 9.75. The second kappa shape index (κ2) is 5.42. The van der Waals surface area contributed by atoms with E-state index in [2.05, 4.69) is 15.3 Å². The average Bonchev–Trinajstić information content (AvgIpc) is 3.09. The van der Waals surface area contributed by atoms with E-state index in [0.717, 1.165) is 5.56 Å². The second-order valence-corrected chi connectivity index (χ2v) is 4.98. The van der Waals surface area contributed by atoms with Crippen molar-refractivity contribution >= 4 is 11.0 Å². The van der Waals surface area contributed by atoms with Gasteiger partial charge in [0.1, 0.15) is 29.7 Å².